The highest BCUT2D eigenvalue weighted by atomic mass is 16.3. The molecule has 0 spiro atoms. The molecule has 0 aliphatic heterocycles. The van der Waals surface area contributed by atoms with Crippen LogP contribution in [0.4, 0.5) is 0 Å². The van der Waals surface area contributed by atoms with Gasteiger partial charge in [-0.15, -0.1) is 5.73 Å². The highest BCUT2D eigenvalue weighted by Gasteiger charge is 2.54. The van der Waals surface area contributed by atoms with Crippen molar-refractivity contribution in [2.75, 3.05) is 0 Å². The van der Waals surface area contributed by atoms with Gasteiger partial charge < -0.3 is 5.11 Å². The number of aliphatic hydroxyl groups is 1. The van der Waals surface area contributed by atoms with E-state index in [4.69, 9.17) is 0 Å². The molecule has 0 heterocycles. The Kier molecular flexibility index (Phi) is 4.40. The second-order valence-electron chi connectivity index (χ2n) is 8.82. The van der Waals surface area contributed by atoms with E-state index in [9.17, 15) is 5.11 Å². The van der Waals surface area contributed by atoms with E-state index in [1.165, 1.54) is 37.7 Å². The van der Waals surface area contributed by atoms with Crippen LogP contribution in [-0.4, -0.2) is 11.2 Å². The second-order valence-corrected chi connectivity index (χ2v) is 8.82. The van der Waals surface area contributed by atoms with E-state index in [1.807, 2.05) is 0 Å². The van der Waals surface area contributed by atoms with Gasteiger partial charge in [-0.1, -0.05) is 45.4 Å². The van der Waals surface area contributed by atoms with Gasteiger partial charge >= 0.3 is 0 Å². The van der Waals surface area contributed by atoms with Crippen LogP contribution in [0.1, 0.15) is 72.6 Å². The number of hydrogen-bond donors (Lipinski definition) is 1. The molecule has 3 aliphatic carbocycles. The molecule has 2 fully saturated rings. The minimum atomic E-state index is -0.104. The van der Waals surface area contributed by atoms with Crippen LogP contribution >= 0.6 is 0 Å². The summed E-state index contributed by atoms with van der Waals surface area (Å²) in [5.74, 6) is 2.31. The first-order valence-corrected chi connectivity index (χ1v) is 9.61. The molecule has 6 unspecified atom stereocenters. The van der Waals surface area contributed by atoms with E-state index < -0.39 is 0 Å². The first kappa shape index (κ1) is 17.1. The summed E-state index contributed by atoms with van der Waals surface area (Å²) < 4.78 is 0. The lowest BCUT2D eigenvalue weighted by molar-refractivity contribution is -0.0377. The fourth-order valence-electron chi connectivity index (χ4n) is 6.38. The summed E-state index contributed by atoms with van der Waals surface area (Å²) >= 11 is 0. The van der Waals surface area contributed by atoms with Gasteiger partial charge in [0.15, 0.2) is 0 Å². The number of aliphatic hydroxyl groups excluding tert-OH is 1. The zero-order chi connectivity index (χ0) is 16.8. The Morgan fingerprint density at radius 1 is 1.35 bits per heavy atom. The van der Waals surface area contributed by atoms with Crippen molar-refractivity contribution in [2.45, 2.75) is 78.7 Å². The highest BCUT2D eigenvalue weighted by molar-refractivity contribution is 5.26. The molecule has 0 bridgehead atoms. The first-order valence-electron chi connectivity index (χ1n) is 9.61. The smallest absolute Gasteiger partial charge is 0.0577 e. The van der Waals surface area contributed by atoms with Crippen LogP contribution in [0.25, 0.3) is 0 Å². The maximum Gasteiger partial charge on any atom is 0.0577 e. The predicted molar refractivity (Wildman–Crippen MR) is 97.1 cm³/mol. The van der Waals surface area contributed by atoms with Gasteiger partial charge in [-0.3, -0.25) is 0 Å². The average molecular weight is 315 g/mol. The normalized spacial score (nSPS) is 46.2. The van der Waals surface area contributed by atoms with Gasteiger partial charge in [0.1, 0.15) is 0 Å². The summed E-state index contributed by atoms with van der Waals surface area (Å²) in [7, 11) is 0. The van der Waals surface area contributed by atoms with Gasteiger partial charge in [0.25, 0.3) is 0 Å². The third kappa shape index (κ3) is 2.48. The summed E-state index contributed by atoms with van der Waals surface area (Å²) in [6, 6.07) is 0. The Balaban J connectivity index is 1.97. The highest BCUT2D eigenvalue weighted by Crippen LogP contribution is 2.62. The Morgan fingerprint density at radius 2 is 2.09 bits per heavy atom. The summed E-state index contributed by atoms with van der Waals surface area (Å²) in [5.41, 5.74) is 6.76. The summed E-state index contributed by atoms with van der Waals surface area (Å²) in [6.45, 7) is 13.5. The monoisotopic (exact) mass is 314 g/mol. The Labute approximate surface area is 142 Å². The molecule has 0 radical (unpaired) electrons. The molecule has 0 aromatic carbocycles. The molecule has 1 nitrogen and oxygen atoms in total. The number of hydrogen-bond acceptors (Lipinski definition) is 1. The van der Waals surface area contributed by atoms with E-state index in [0.717, 1.165) is 30.6 Å². The first-order chi connectivity index (χ1) is 10.9. The second kappa shape index (κ2) is 5.94. The fraction of sp³-hybridized carbons (Fsp3) is 0.773. The van der Waals surface area contributed by atoms with E-state index in [1.54, 1.807) is 5.57 Å². The van der Waals surface area contributed by atoms with E-state index in [0.29, 0.717) is 5.41 Å². The lowest BCUT2D eigenvalue weighted by atomic mass is 9.46. The molecule has 128 valence electrons. The summed E-state index contributed by atoms with van der Waals surface area (Å²) in [4.78, 5) is 0. The van der Waals surface area contributed by atoms with E-state index in [-0.39, 0.29) is 11.5 Å². The van der Waals surface area contributed by atoms with Crippen LogP contribution in [0, 0.1) is 28.6 Å². The van der Waals surface area contributed by atoms with Crippen molar-refractivity contribution >= 4 is 0 Å². The van der Waals surface area contributed by atoms with Gasteiger partial charge in [0.05, 0.1) is 6.10 Å². The molecule has 0 amide bonds. The molecule has 0 aromatic heterocycles. The average Bonchev–Trinajstić information content (AvgIpc) is 2.54. The van der Waals surface area contributed by atoms with Gasteiger partial charge in [-0.2, -0.15) is 0 Å². The van der Waals surface area contributed by atoms with Gasteiger partial charge in [0.2, 0.25) is 0 Å². The quantitative estimate of drug-likeness (QED) is 0.515. The zero-order valence-electron chi connectivity index (χ0n) is 15.5. The molecule has 1 heteroatoms. The lowest BCUT2D eigenvalue weighted by Crippen LogP contribution is -2.50. The van der Waals surface area contributed by atoms with Crippen molar-refractivity contribution in [3.63, 3.8) is 0 Å². The minimum Gasteiger partial charge on any atom is -0.393 e. The van der Waals surface area contributed by atoms with Crippen molar-refractivity contribution in [1.29, 1.82) is 0 Å². The third-order valence-corrected chi connectivity index (χ3v) is 8.03. The SMILES string of the molecule is C=C=C(C)C1(C)CCC2C(CC=C3CC(O)CCC32C)C1CC. The minimum absolute atomic E-state index is 0.104. The summed E-state index contributed by atoms with van der Waals surface area (Å²) in [5, 5.41) is 10.1. The Morgan fingerprint density at radius 3 is 2.74 bits per heavy atom. The zero-order valence-corrected chi connectivity index (χ0v) is 15.5. The van der Waals surface area contributed by atoms with E-state index in [2.05, 4.69) is 46.1 Å². The predicted octanol–water partition coefficient (Wildman–Crippen LogP) is 5.66. The summed E-state index contributed by atoms with van der Waals surface area (Å²) in [6.07, 6.45) is 10.5. The third-order valence-electron chi connectivity index (χ3n) is 8.03. The molecular weight excluding hydrogens is 280 g/mol. The largest absolute Gasteiger partial charge is 0.393 e. The van der Waals surface area contributed by atoms with Crippen molar-refractivity contribution in [3.05, 3.63) is 29.5 Å². The molecule has 23 heavy (non-hydrogen) atoms. The molecule has 3 rings (SSSR count). The molecule has 1 N–H and O–H groups in total. The maximum atomic E-state index is 10.1. The van der Waals surface area contributed by atoms with Gasteiger partial charge in [-0.05, 0) is 79.6 Å². The molecule has 0 saturated heterocycles. The van der Waals surface area contributed by atoms with Crippen molar-refractivity contribution in [2.24, 2.45) is 28.6 Å². The standard InChI is InChI=1S/C22H34O/c1-6-15(3)21(4)13-11-20-18(19(21)7-2)9-8-16-14-17(23)10-12-22(16,20)5/h8,17-20,23H,1,7,9-14H2,2-5H3. The van der Waals surface area contributed by atoms with Crippen LogP contribution in [0.15, 0.2) is 29.5 Å². The van der Waals surface area contributed by atoms with Crippen molar-refractivity contribution < 1.29 is 5.11 Å². The molecule has 2 saturated carbocycles. The molecule has 6 atom stereocenters. The van der Waals surface area contributed by atoms with Gasteiger partial charge in [-0.25, -0.2) is 0 Å². The van der Waals surface area contributed by atoms with Crippen LogP contribution in [0.5, 0.6) is 0 Å². The van der Waals surface area contributed by atoms with Crippen LogP contribution < -0.4 is 0 Å². The number of fused-ring (bicyclic) bond motifs is 3. The fourth-order valence-corrected chi connectivity index (χ4v) is 6.38. The van der Waals surface area contributed by atoms with Gasteiger partial charge in [0, 0.05) is 0 Å². The molecule has 0 aromatic rings. The topological polar surface area (TPSA) is 20.2 Å². The van der Waals surface area contributed by atoms with Crippen molar-refractivity contribution in [1.82, 2.24) is 0 Å². The maximum absolute atomic E-state index is 10.1. The number of allylic oxidation sites excluding steroid dienone is 2. The Hall–Kier alpha value is -0.780. The van der Waals surface area contributed by atoms with Crippen LogP contribution in [-0.2, 0) is 0 Å². The molecular formula is C22H34O. The lowest BCUT2D eigenvalue weighted by Gasteiger charge is -2.58. The van der Waals surface area contributed by atoms with Crippen molar-refractivity contribution in [3.8, 4) is 0 Å². The van der Waals surface area contributed by atoms with E-state index >= 15 is 0 Å². The molecule has 3 aliphatic rings. The van der Waals surface area contributed by atoms with Crippen LogP contribution in [0.3, 0.4) is 0 Å². The Bertz CT molecular complexity index is 552. The number of rotatable bonds is 2. The van der Waals surface area contributed by atoms with Crippen LogP contribution in [0.2, 0.25) is 0 Å².